The molecule has 1 amide bonds. The third-order valence-electron chi connectivity index (χ3n) is 5.28. The molecule has 2 aromatic carbocycles. The minimum atomic E-state index is -0.718. The highest BCUT2D eigenvalue weighted by atomic mass is 19.1. The highest BCUT2D eigenvalue weighted by Gasteiger charge is 2.21. The van der Waals surface area contributed by atoms with Gasteiger partial charge >= 0.3 is 0 Å². The molecule has 1 aliphatic rings. The lowest BCUT2D eigenvalue weighted by molar-refractivity contribution is 0.100. The third-order valence-corrected chi connectivity index (χ3v) is 5.28. The van der Waals surface area contributed by atoms with Gasteiger partial charge in [0.2, 0.25) is 5.91 Å². The smallest absolute Gasteiger partial charge is 0.253 e. The molecule has 0 bridgehead atoms. The predicted molar refractivity (Wildman–Crippen MR) is 116 cm³/mol. The molecule has 0 saturated heterocycles. The maximum atomic E-state index is 14.2. The van der Waals surface area contributed by atoms with Gasteiger partial charge in [-0.1, -0.05) is 30.3 Å². The third kappa shape index (κ3) is 3.54. The molecule has 9 heteroatoms. The summed E-state index contributed by atoms with van der Waals surface area (Å²) in [4.78, 5) is 21.1. The SMILES string of the molecule is NC(=O)c1cc(F)cc2c1cnn2-c1nc2c(c(NCc3ccccc3)n1)NCCC2. The quantitative estimate of drug-likeness (QED) is 0.460. The molecule has 0 aliphatic carbocycles. The number of hydrogen-bond acceptors (Lipinski definition) is 6. The number of aryl methyl sites for hydroxylation is 1. The Morgan fingerprint density at radius 2 is 2.06 bits per heavy atom. The van der Waals surface area contributed by atoms with Crippen LogP contribution >= 0.6 is 0 Å². The standard InChI is InChI=1S/C22H20FN7O/c23-14-9-15(20(24)31)16-12-27-30(18(16)10-14)22-28-17-7-4-8-25-19(17)21(29-22)26-11-13-5-2-1-3-6-13/h1-3,5-6,9-10,12,25H,4,7-8,11H2,(H2,24,31)(H,26,28,29). The first-order valence-corrected chi connectivity index (χ1v) is 10.00. The zero-order valence-corrected chi connectivity index (χ0v) is 16.6. The summed E-state index contributed by atoms with van der Waals surface area (Å²) in [5.74, 6) is -0.345. The van der Waals surface area contributed by atoms with E-state index in [-0.39, 0.29) is 5.56 Å². The van der Waals surface area contributed by atoms with Crippen LogP contribution in [0.2, 0.25) is 0 Å². The van der Waals surface area contributed by atoms with Crippen LogP contribution in [0.5, 0.6) is 0 Å². The van der Waals surface area contributed by atoms with E-state index in [1.165, 1.54) is 16.9 Å². The monoisotopic (exact) mass is 417 g/mol. The topological polar surface area (TPSA) is 111 Å². The van der Waals surface area contributed by atoms with Gasteiger partial charge in [-0.15, -0.1) is 0 Å². The Labute approximate surface area is 177 Å². The van der Waals surface area contributed by atoms with Crippen molar-refractivity contribution in [1.29, 1.82) is 0 Å². The molecule has 0 atom stereocenters. The number of nitrogens with one attached hydrogen (secondary N) is 2. The number of amides is 1. The fraction of sp³-hybridized carbons (Fsp3) is 0.182. The molecule has 0 spiro atoms. The Hall–Kier alpha value is -4.01. The molecule has 0 unspecified atom stereocenters. The van der Waals surface area contributed by atoms with Gasteiger partial charge in [0.05, 0.1) is 28.7 Å². The molecule has 0 fully saturated rings. The normalized spacial score (nSPS) is 12.9. The van der Waals surface area contributed by atoms with E-state index < -0.39 is 11.7 Å². The van der Waals surface area contributed by atoms with Crippen molar-refractivity contribution in [2.24, 2.45) is 5.73 Å². The molecular formula is C22H20FN7O. The fourth-order valence-electron chi connectivity index (χ4n) is 3.79. The Morgan fingerprint density at radius 3 is 2.87 bits per heavy atom. The second-order valence-electron chi connectivity index (χ2n) is 7.37. The Kier molecular flexibility index (Phi) is 4.70. The number of halogens is 1. The van der Waals surface area contributed by atoms with Crippen molar-refractivity contribution in [2.75, 3.05) is 17.2 Å². The van der Waals surface area contributed by atoms with Crippen LogP contribution in [0.1, 0.15) is 28.0 Å². The van der Waals surface area contributed by atoms with Crippen LogP contribution in [0.3, 0.4) is 0 Å². The summed E-state index contributed by atoms with van der Waals surface area (Å²) in [7, 11) is 0. The maximum absolute atomic E-state index is 14.2. The van der Waals surface area contributed by atoms with Crippen molar-refractivity contribution in [1.82, 2.24) is 19.7 Å². The van der Waals surface area contributed by atoms with E-state index >= 15 is 0 Å². The molecule has 156 valence electrons. The average Bonchev–Trinajstić information content (AvgIpc) is 3.21. The second-order valence-corrected chi connectivity index (χ2v) is 7.37. The lowest BCUT2D eigenvalue weighted by Gasteiger charge is -2.21. The minimum absolute atomic E-state index is 0.0725. The van der Waals surface area contributed by atoms with Gasteiger partial charge in [-0.25, -0.2) is 9.37 Å². The first-order chi connectivity index (χ1) is 15.1. The van der Waals surface area contributed by atoms with Crippen LogP contribution in [0.15, 0.2) is 48.7 Å². The number of aromatic nitrogens is 4. The van der Waals surface area contributed by atoms with Crippen molar-refractivity contribution in [3.05, 3.63) is 71.3 Å². The van der Waals surface area contributed by atoms with Gasteiger partial charge in [0.25, 0.3) is 5.95 Å². The molecule has 31 heavy (non-hydrogen) atoms. The summed E-state index contributed by atoms with van der Waals surface area (Å²) in [5, 5.41) is 11.5. The van der Waals surface area contributed by atoms with E-state index in [0.29, 0.717) is 29.2 Å². The molecule has 2 aromatic heterocycles. The summed E-state index contributed by atoms with van der Waals surface area (Å²) in [6.07, 6.45) is 3.22. The Morgan fingerprint density at radius 1 is 1.23 bits per heavy atom. The second kappa shape index (κ2) is 7.67. The molecule has 4 N–H and O–H groups in total. The van der Waals surface area contributed by atoms with Crippen LogP contribution in [0, 0.1) is 5.82 Å². The number of nitrogens with zero attached hydrogens (tertiary/aromatic N) is 4. The molecule has 4 aromatic rings. The number of nitrogens with two attached hydrogens (primary N) is 1. The van der Waals surface area contributed by atoms with Crippen molar-refractivity contribution in [3.8, 4) is 5.95 Å². The van der Waals surface area contributed by atoms with Gasteiger partial charge in [-0.05, 0) is 24.5 Å². The molecule has 0 saturated carbocycles. The van der Waals surface area contributed by atoms with Crippen LogP contribution in [0.25, 0.3) is 16.9 Å². The molecule has 0 radical (unpaired) electrons. The van der Waals surface area contributed by atoms with E-state index in [4.69, 9.17) is 5.73 Å². The fourth-order valence-corrected chi connectivity index (χ4v) is 3.79. The van der Waals surface area contributed by atoms with E-state index in [2.05, 4.69) is 25.7 Å². The van der Waals surface area contributed by atoms with Crippen molar-refractivity contribution in [2.45, 2.75) is 19.4 Å². The summed E-state index contributed by atoms with van der Waals surface area (Å²) in [6.45, 7) is 1.43. The van der Waals surface area contributed by atoms with E-state index in [0.717, 1.165) is 42.4 Å². The number of benzene rings is 2. The number of rotatable bonds is 5. The van der Waals surface area contributed by atoms with E-state index in [9.17, 15) is 9.18 Å². The molecular weight excluding hydrogens is 397 g/mol. The number of hydrogen-bond donors (Lipinski definition) is 3. The van der Waals surface area contributed by atoms with E-state index in [1.54, 1.807) is 0 Å². The van der Waals surface area contributed by atoms with Gasteiger partial charge in [0.15, 0.2) is 5.82 Å². The number of carbonyl (C=O) groups excluding carboxylic acids is 1. The summed E-state index contributed by atoms with van der Waals surface area (Å²) in [5.41, 5.74) is 8.71. The van der Waals surface area contributed by atoms with Gasteiger partial charge in [0.1, 0.15) is 5.82 Å². The maximum Gasteiger partial charge on any atom is 0.253 e. The lowest BCUT2D eigenvalue weighted by Crippen LogP contribution is -2.19. The zero-order valence-electron chi connectivity index (χ0n) is 16.6. The first kappa shape index (κ1) is 19.0. The zero-order chi connectivity index (χ0) is 21.4. The van der Waals surface area contributed by atoms with Crippen molar-refractivity contribution < 1.29 is 9.18 Å². The average molecular weight is 417 g/mol. The highest BCUT2D eigenvalue weighted by Crippen LogP contribution is 2.30. The van der Waals surface area contributed by atoms with E-state index in [1.807, 2.05) is 30.3 Å². The van der Waals surface area contributed by atoms with Gasteiger partial charge in [-0.2, -0.15) is 14.8 Å². The van der Waals surface area contributed by atoms with Crippen LogP contribution < -0.4 is 16.4 Å². The van der Waals surface area contributed by atoms with Crippen LogP contribution in [-0.2, 0) is 13.0 Å². The largest absolute Gasteiger partial charge is 0.381 e. The number of anilines is 2. The van der Waals surface area contributed by atoms with Crippen LogP contribution in [-0.4, -0.2) is 32.2 Å². The number of primary amides is 1. The lowest BCUT2D eigenvalue weighted by atomic mass is 10.1. The summed E-state index contributed by atoms with van der Waals surface area (Å²) < 4.78 is 15.6. The molecule has 3 heterocycles. The van der Waals surface area contributed by atoms with Gasteiger partial charge in [0, 0.05) is 24.5 Å². The summed E-state index contributed by atoms with van der Waals surface area (Å²) in [6, 6.07) is 12.4. The predicted octanol–water partition coefficient (Wildman–Crippen LogP) is 3.02. The molecule has 8 nitrogen and oxygen atoms in total. The molecule has 5 rings (SSSR count). The van der Waals surface area contributed by atoms with Crippen molar-refractivity contribution in [3.63, 3.8) is 0 Å². The Balaban J connectivity index is 1.61. The Bertz CT molecular complexity index is 1290. The minimum Gasteiger partial charge on any atom is -0.381 e. The number of fused-ring (bicyclic) bond motifs is 2. The van der Waals surface area contributed by atoms with Gasteiger partial charge in [-0.3, -0.25) is 4.79 Å². The first-order valence-electron chi connectivity index (χ1n) is 10.00. The van der Waals surface area contributed by atoms with Crippen LogP contribution in [0.4, 0.5) is 15.9 Å². The highest BCUT2D eigenvalue weighted by molar-refractivity contribution is 6.05. The van der Waals surface area contributed by atoms with Gasteiger partial charge < -0.3 is 16.4 Å². The summed E-state index contributed by atoms with van der Waals surface area (Å²) >= 11 is 0. The number of carbonyl (C=O) groups is 1. The van der Waals surface area contributed by atoms with Crippen molar-refractivity contribution >= 4 is 28.3 Å². The molecule has 1 aliphatic heterocycles.